The van der Waals surface area contributed by atoms with E-state index in [0.717, 1.165) is 17.6 Å². The van der Waals surface area contributed by atoms with E-state index in [1.54, 1.807) is 11.3 Å². The first-order valence-electron chi connectivity index (χ1n) is 5.08. The quantitative estimate of drug-likeness (QED) is 0.885. The third-order valence-electron chi connectivity index (χ3n) is 2.68. The molecular formula is C10H13BrN2O2S. The first-order valence-corrected chi connectivity index (χ1v) is 6.75. The zero-order chi connectivity index (χ0) is 11.5. The van der Waals surface area contributed by atoms with E-state index in [4.69, 9.17) is 5.11 Å². The van der Waals surface area contributed by atoms with Gasteiger partial charge in [-0.15, -0.1) is 11.3 Å². The van der Waals surface area contributed by atoms with Crippen molar-refractivity contribution in [3.8, 4) is 0 Å². The van der Waals surface area contributed by atoms with Crippen LogP contribution >= 0.6 is 27.3 Å². The lowest BCUT2D eigenvalue weighted by atomic mass is 10.2. The number of carboxylic acids is 1. The Morgan fingerprint density at radius 3 is 3.19 bits per heavy atom. The summed E-state index contributed by atoms with van der Waals surface area (Å²) in [6.07, 6.45) is 0. The van der Waals surface area contributed by atoms with E-state index >= 15 is 0 Å². The highest BCUT2D eigenvalue weighted by Crippen LogP contribution is 2.25. The van der Waals surface area contributed by atoms with Crippen LogP contribution in [-0.4, -0.2) is 41.7 Å². The van der Waals surface area contributed by atoms with Gasteiger partial charge in [-0.3, -0.25) is 9.69 Å². The van der Waals surface area contributed by atoms with Crippen LogP contribution in [0.2, 0.25) is 0 Å². The fraction of sp³-hybridized carbons (Fsp3) is 0.500. The zero-order valence-corrected chi connectivity index (χ0v) is 11.1. The lowest BCUT2D eigenvalue weighted by molar-refractivity contribution is -0.144. The van der Waals surface area contributed by atoms with E-state index in [1.165, 1.54) is 4.88 Å². The number of halogens is 1. The molecule has 1 aromatic heterocycles. The van der Waals surface area contributed by atoms with Crippen molar-refractivity contribution in [1.82, 2.24) is 10.2 Å². The fourth-order valence-electron chi connectivity index (χ4n) is 1.80. The Kier molecular flexibility index (Phi) is 3.96. The second-order valence-electron chi connectivity index (χ2n) is 3.72. The number of carbonyl (C=O) groups is 1. The van der Waals surface area contributed by atoms with Gasteiger partial charge in [0.05, 0.1) is 0 Å². The summed E-state index contributed by atoms with van der Waals surface area (Å²) < 4.78 is 1.07. The number of hydrogen-bond acceptors (Lipinski definition) is 4. The summed E-state index contributed by atoms with van der Waals surface area (Å²) in [6.45, 7) is 2.86. The lowest BCUT2D eigenvalue weighted by Crippen LogP contribution is -2.54. The third-order valence-corrected chi connectivity index (χ3v) is 4.59. The van der Waals surface area contributed by atoms with Crippen LogP contribution in [0, 0.1) is 0 Å². The Labute approximate surface area is 106 Å². The molecule has 1 atom stereocenters. The van der Waals surface area contributed by atoms with E-state index in [1.807, 2.05) is 16.3 Å². The maximum atomic E-state index is 11.1. The number of nitrogens with one attached hydrogen (secondary N) is 1. The second kappa shape index (κ2) is 5.27. The van der Waals surface area contributed by atoms with E-state index in [0.29, 0.717) is 13.1 Å². The summed E-state index contributed by atoms with van der Waals surface area (Å²) in [5, 5.41) is 14.2. The number of carboxylic acid groups (broad SMARTS) is 1. The molecule has 16 heavy (non-hydrogen) atoms. The highest BCUT2D eigenvalue weighted by atomic mass is 79.9. The average Bonchev–Trinajstić information content (AvgIpc) is 2.65. The molecule has 0 spiro atoms. The van der Waals surface area contributed by atoms with Crippen molar-refractivity contribution in [2.24, 2.45) is 0 Å². The average molecular weight is 305 g/mol. The maximum Gasteiger partial charge on any atom is 0.322 e. The molecule has 2 heterocycles. The number of aliphatic carboxylic acids is 1. The van der Waals surface area contributed by atoms with Crippen LogP contribution in [0.15, 0.2) is 15.9 Å². The zero-order valence-electron chi connectivity index (χ0n) is 8.65. The lowest BCUT2D eigenvalue weighted by Gasteiger charge is -2.33. The molecule has 2 rings (SSSR count). The molecule has 1 saturated heterocycles. The number of hydrogen-bond donors (Lipinski definition) is 2. The minimum atomic E-state index is -0.750. The SMILES string of the molecule is O=C(O)C1CNCCN1Cc1sccc1Br. The molecule has 6 heteroatoms. The van der Waals surface area contributed by atoms with Crippen LogP contribution in [0.25, 0.3) is 0 Å². The number of rotatable bonds is 3. The molecule has 0 amide bonds. The summed E-state index contributed by atoms with van der Waals surface area (Å²) in [6, 6.07) is 1.58. The summed E-state index contributed by atoms with van der Waals surface area (Å²) in [7, 11) is 0. The molecule has 1 fully saturated rings. The number of thiophene rings is 1. The molecular weight excluding hydrogens is 292 g/mol. The summed E-state index contributed by atoms with van der Waals surface area (Å²) >= 11 is 5.13. The predicted molar refractivity (Wildman–Crippen MR) is 66.7 cm³/mol. The van der Waals surface area contributed by atoms with Gasteiger partial charge >= 0.3 is 5.97 Å². The Hall–Kier alpha value is -0.430. The van der Waals surface area contributed by atoms with Gasteiger partial charge in [0.2, 0.25) is 0 Å². The molecule has 1 aliphatic heterocycles. The van der Waals surface area contributed by atoms with Crippen molar-refractivity contribution in [2.45, 2.75) is 12.6 Å². The normalized spacial score (nSPS) is 22.2. The van der Waals surface area contributed by atoms with Gasteiger partial charge < -0.3 is 10.4 Å². The van der Waals surface area contributed by atoms with Crippen LogP contribution in [0.5, 0.6) is 0 Å². The third kappa shape index (κ3) is 2.63. The topological polar surface area (TPSA) is 52.6 Å². The molecule has 1 aromatic rings. The second-order valence-corrected chi connectivity index (χ2v) is 5.58. The smallest absolute Gasteiger partial charge is 0.322 e. The van der Waals surface area contributed by atoms with Crippen molar-refractivity contribution in [2.75, 3.05) is 19.6 Å². The molecule has 2 N–H and O–H groups in total. The molecule has 0 radical (unpaired) electrons. The molecule has 4 nitrogen and oxygen atoms in total. The Morgan fingerprint density at radius 2 is 2.56 bits per heavy atom. The fourth-order valence-corrected chi connectivity index (χ4v) is 3.30. The van der Waals surface area contributed by atoms with Crippen molar-refractivity contribution in [3.05, 3.63) is 20.8 Å². The van der Waals surface area contributed by atoms with Gasteiger partial charge in [0, 0.05) is 35.5 Å². The van der Waals surface area contributed by atoms with E-state index in [-0.39, 0.29) is 0 Å². The number of piperazine rings is 1. The minimum absolute atomic E-state index is 0.414. The monoisotopic (exact) mass is 304 g/mol. The van der Waals surface area contributed by atoms with Crippen LogP contribution in [0.4, 0.5) is 0 Å². The molecule has 0 aromatic carbocycles. The van der Waals surface area contributed by atoms with Crippen LogP contribution in [0.1, 0.15) is 4.88 Å². The van der Waals surface area contributed by atoms with Crippen LogP contribution in [-0.2, 0) is 11.3 Å². The Bertz CT molecular complexity index is 383. The largest absolute Gasteiger partial charge is 0.480 e. The van der Waals surface area contributed by atoms with Crippen molar-refractivity contribution in [3.63, 3.8) is 0 Å². The Balaban J connectivity index is 2.07. The summed E-state index contributed by atoms with van der Waals surface area (Å²) in [4.78, 5) is 14.3. The predicted octanol–water partition coefficient (Wildman–Crippen LogP) is 1.37. The molecule has 1 aliphatic rings. The van der Waals surface area contributed by atoms with Gasteiger partial charge in [-0.05, 0) is 27.4 Å². The van der Waals surface area contributed by atoms with E-state index in [2.05, 4.69) is 21.2 Å². The van der Waals surface area contributed by atoms with Gasteiger partial charge in [-0.1, -0.05) is 0 Å². The van der Waals surface area contributed by atoms with Crippen LogP contribution in [0.3, 0.4) is 0 Å². The molecule has 0 saturated carbocycles. The maximum absolute atomic E-state index is 11.1. The Morgan fingerprint density at radius 1 is 1.75 bits per heavy atom. The highest BCUT2D eigenvalue weighted by Gasteiger charge is 2.28. The van der Waals surface area contributed by atoms with Crippen molar-refractivity contribution < 1.29 is 9.90 Å². The first-order chi connectivity index (χ1) is 7.68. The number of nitrogens with zero attached hydrogens (tertiary/aromatic N) is 1. The molecule has 88 valence electrons. The van der Waals surface area contributed by atoms with Crippen LogP contribution < -0.4 is 5.32 Å². The summed E-state index contributed by atoms with van der Waals surface area (Å²) in [5.41, 5.74) is 0. The van der Waals surface area contributed by atoms with Crippen molar-refractivity contribution >= 4 is 33.2 Å². The van der Waals surface area contributed by atoms with Crippen molar-refractivity contribution in [1.29, 1.82) is 0 Å². The van der Waals surface area contributed by atoms with Gasteiger partial charge in [0.1, 0.15) is 6.04 Å². The van der Waals surface area contributed by atoms with Gasteiger partial charge in [-0.25, -0.2) is 0 Å². The van der Waals surface area contributed by atoms with Gasteiger partial charge in [-0.2, -0.15) is 0 Å². The van der Waals surface area contributed by atoms with E-state index < -0.39 is 12.0 Å². The molecule has 0 aliphatic carbocycles. The molecule has 1 unspecified atom stereocenters. The standard InChI is InChI=1S/C10H13BrN2O2S/c11-7-1-4-16-9(7)6-13-3-2-12-5-8(13)10(14)15/h1,4,8,12H,2-3,5-6H2,(H,14,15). The highest BCUT2D eigenvalue weighted by molar-refractivity contribution is 9.10. The van der Waals surface area contributed by atoms with E-state index in [9.17, 15) is 4.79 Å². The molecule has 0 bridgehead atoms. The van der Waals surface area contributed by atoms with Gasteiger partial charge in [0.15, 0.2) is 0 Å². The minimum Gasteiger partial charge on any atom is -0.480 e. The van der Waals surface area contributed by atoms with Gasteiger partial charge in [0.25, 0.3) is 0 Å². The summed E-state index contributed by atoms with van der Waals surface area (Å²) in [5.74, 6) is -0.750. The first kappa shape index (κ1) is 12.0.